The van der Waals surface area contributed by atoms with Crippen molar-refractivity contribution < 1.29 is 40.5 Å². The first-order chi connectivity index (χ1) is 45.2. The summed E-state index contributed by atoms with van der Waals surface area (Å²) >= 11 is 39.2. The molecule has 6 unspecified atom stereocenters. The van der Waals surface area contributed by atoms with Crippen LogP contribution in [0.15, 0.2) is 202 Å². The van der Waals surface area contributed by atoms with Gasteiger partial charge in [0.1, 0.15) is 0 Å². The first-order valence-electron chi connectivity index (χ1n) is 30.9. The van der Waals surface area contributed by atoms with Crippen LogP contribution in [0.3, 0.4) is 0 Å². The van der Waals surface area contributed by atoms with Crippen molar-refractivity contribution in [3.8, 4) is 0 Å². The molecule has 1 fully saturated rings. The number of thioether (sulfide) groups is 5. The third-order valence-corrected chi connectivity index (χ3v) is 20.0. The molecule has 0 radical (unpaired) electrons. The molecule has 0 saturated carbocycles. The topological polar surface area (TPSA) is 206 Å². The van der Waals surface area contributed by atoms with Crippen LogP contribution >= 0.6 is 184 Å². The van der Waals surface area contributed by atoms with Crippen LogP contribution in [0.5, 0.6) is 0 Å². The molecular weight excluding hydrogens is 1520 g/mol. The van der Waals surface area contributed by atoms with E-state index in [0.29, 0.717) is 22.4 Å². The van der Waals surface area contributed by atoms with Gasteiger partial charge in [0.25, 0.3) is 0 Å². The van der Waals surface area contributed by atoms with Crippen LogP contribution in [0.2, 0.25) is 0 Å². The van der Waals surface area contributed by atoms with Gasteiger partial charge in [-0.15, -0.1) is 12.4 Å². The molecule has 10 nitrogen and oxygen atoms in total. The number of thiol groups is 5. The summed E-state index contributed by atoms with van der Waals surface area (Å²) < 4.78 is 4.71. The summed E-state index contributed by atoms with van der Waals surface area (Å²) in [6, 6.07) is 62.1. The van der Waals surface area contributed by atoms with E-state index < -0.39 is 0 Å². The number of ether oxygens (including phenoxy) is 1. The molecule has 1 saturated heterocycles. The number of benzene rings is 6. The zero-order valence-electron chi connectivity index (χ0n) is 58.1. The predicted octanol–water partition coefficient (Wildman–Crippen LogP) is 15.2. The van der Waals surface area contributed by atoms with Crippen LogP contribution in [0.25, 0.3) is 0 Å². The maximum absolute atomic E-state index is 8.68. The van der Waals surface area contributed by atoms with Gasteiger partial charge in [0.15, 0.2) is 5.11 Å². The standard InChI is InChI=1S/2C12H10S.2C7H8.3C5H12O2S.2C5H12S3.C3H6O.C2H6OS.CH4N2S.ClH.2Na.H2S/c2*1-3-7-11(8-4-1)13-12-9-5-2-6-10-12;2*1-7-5-3-2-4-6-7;3*1-5(7)4-8-3-2-6;2*1-5(4-7)8-3-2-6;1-3-2-4-3;3-1-2-4;2-1(3)4;;;;/h2*1-10H;2*2-6H,1H3;5*5-7H,2-4H2,1H3;3H,2H2,1H3;3-4H,1-2H2;(H4,2,3,4);1H;;;1H2. The Labute approximate surface area is 686 Å². The minimum absolute atomic E-state index is 0. The van der Waals surface area contributed by atoms with Crippen LogP contribution in [-0.2, 0) is 4.74 Å². The fraction of sp³-hybridized carbons (Fsp3) is 0.464. The number of rotatable bonds is 25. The predicted molar refractivity (Wildman–Crippen MR) is 470 cm³/mol. The zero-order valence-corrected chi connectivity index (χ0v) is 74.9. The van der Waals surface area contributed by atoms with E-state index in [4.69, 9.17) is 40.5 Å². The summed E-state index contributed by atoms with van der Waals surface area (Å²) in [5, 5.41) is 60.0. The number of nitrogens with two attached hydrogens (primary N) is 2. The van der Waals surface area contributed by atoms with Crippen molar-refractivity contribution in [3.05, 3.63) is 193 Å². The molecule has 11 N–H and O–H groups in total. The van der Waals surface area contributed by atoms with Gasteiger partial charge in [0.05, 0.1) is 57.5 Å². The van der Waals surface area contributed by atoms with Crippen molar-refractivity contribution >= 4 is 232 Å². The Morgan fingerprint density at radius 1 is 0.458 bits per heavy atom. The van der Waals surface area contributed by atoms with Gasteiger partial charge in [0, 0.05) is 93.4 Å². The Kier molecular flexibility index (Phi) is 112. The molecule has 0 spiro atoms. The van der Waals surface area contributed by atoms with Crippen molar-refractivity contribution in [2.45, 2.75) is 110 Å². The first kappa shape index (κ1) is 113. The summed E-state index contributed by atoms with van der Waals surface area (Å²) in [6.07, 6.45) is -0.148. The van der Waals surface area contributed by atoms with Crippen molar-refractivity contribution in [3.63, 3.8) is 0 Å². The van der Waals surface area contributed by atoms with Gasteiger partial charge in [-0.25, -0.2) is 0 Å². The van der Waals surface area contributed by atoms with E-state index in [2.05, 4.69) is 243 Å². The molecule has 6 aromatic rings. The summed E-state index contributed by atoms with van der Waals surface area (Å²) in [6.45, 7) is 17.6. The molecule has 27 heteroatoms. The largest absolute Gasteiger partial charge is 0.0901 e. The molecule has 0 amide bonds. The maximum Gasteiger partial charge on any atom is 0.0122 e. The van der Waals surface area contributed by atoms with E-state index in [-0.39, 0.29) is 75.8 Å². The van der Waals surface area contributed by atoms with Crippen LogP contribution < -0.4 is 11.5 Å². The number of halogens is 1. The van der Waals surface area contributed by atoms with E-state index in [9.17, 15) is 0 Å². The number of aliphatic hydroxyl groups excluding tert-OH is 7. The summed E-state index contributed by atoms with van der Waals surface area (Å²) in [4.78, 5) is 5.14. The molecule has 0 aliphatic carbocycles. The van der Waals surface area contributed by atoms with E-state index in [1.165, 1.54) is 74.3 Å². The van der Waals surface area contributed by atoms with Gasteiger partial charge in [0.2, 0.25) is 0 Å². The normalized spacial score (nSPS) is 12.0. The summed E-state index contributed by atoms with van der Waals surface area (Å²) in [5.74, 6) is 11.1. The Bertz CT molecular complexity index is 2090. The third kappa shape index (κ3) is 109. The smallest absolute Gasteiger partial charge is 0.0122 e. The van der Waals surface area contributed by atoms with E-state index >= 15 is 0 Å². The fourth-order valence-corrected chi connectivity index (χ4v) is 11.1. The number of hydrogen-bond acceptors (Lipinski definition) is 21. The second kappa shape index (κ2) is 94.5. The van der Waals surface area contributed by atoms with E-state index in [0.717, 1.165) is 75.6 Å². The third-order valence-electron chi connectivity index (χ3n) is 9.21. The molecule has 6 aromatic carbocycles. The summed E-state index contributed by atoms with van der Waals surface area (Å²) in [7, 11) is 0. The van der Waals surface area contributed by atoms with Crippen LogP contribution in [-0.4, -0.2) is 227 Å². The minimum Gasteiger partial charge on any atom is -0.0901 e. The van der Waals surface area contributed by atoms with Crippen LogP contribution in [0.1, 0.15) is 52.7 Å². The van der Waals surface area contributed by atoms with Gasteiger partial charge in [-0.05, 0) is 114 Å². The Hall–Kier alpha value is 1.53. The van der Waals surface area contributed by atoms with Crippen molar-refractivity contribution in [2.24, 2.45) is 11.5 Å². The van der Waals surface area contributed by atoms with Gasteiger partial charge < -0.3 is 51.9 Å². The van der Waals surface area contributed by atoms with Gasteiger partial charge >= 0.3 is 43.6 Å². The monoisotopic (exact) mass is 1630 g/mol. The molecule has 0 aromatic heterocycles. The number of aliphatic hydroxyl groups is 7. The van der Waals surface area contributed by atoms with Gasteiger partial charge in [-0.1, -0.05) is 182 Å². The van der Waals surface area contributed by atoms with Crippen molar-refractivity contribution in [1.29, 1.82) is 0 Å². The molecule has 6 atom stereocenters. The minimum atomic E-state index is -0.244. The van der Waals surface area contributed by atoms with Crippen molar-refractivity contribution in [2.75, 3.05) is 108 Å². The molecule has 1 heterocycles. The Balaban J connectivity index is -0.000000148. The quantitative estimate of drug-likeness (QED) is 0.00846. The van der Waals surface area contributed by atoms with Crippen LogP contribution in [0, 0.1) is 13.8 Å². The second-order valence-electron chi connectivity index (χ2n) is 18.9. The van der Waals surface area contributed by atoms with Crippen molar-refractivity contribution in [1.82, 2.24) is 0 Å². The average Bonchev–Trinajstić information content (AvgIpc) is 2.28. The maximum atomic E-state index is 8.68. The molecule has 7 rings (SSSR count). The first-order valence-corrected chi connectivity index (χ1v) is 49.7. The zero-order chi connectivity index (χ0) is 72.1. The number of aryl methyl sites for hydroxylation is 2. The molecule has 542 valence electrons. The fourth-order valence-electron chi connectivity index (χ4n) is 4.96. The SMILES string of the molecule is CC(CS)SCCS.CC(CS)SCCS.CC(O)CSCCO.CC(O)CSCCO.CC(O)CSCCO.CC1CO1.Cc1ccccc1.Cc1ccccc1.Cl.NC(N)=S.OCCS.S.[Na][Na].c1ccc(Sc2ccccc2)cc1.c1ccc(Sc2ccccc2)cc1. The molecule has 0 bridgehead atoms. The van der Waals surface area contributed by atoms with Gasteiger partial charge in [-0.2, -0.15) is 135 Å². The second-order valence-corrected chi connectivity index (χ2v) is 30.3. The Morgan fingerprint density at radius 3 is 0.781 bits per heavy atom. The molecule has 1 aliphatic rings. The van der Waals surface area contributed by atoms with Gasteiger partial charge in [-0.3, -0.25) is 0 Å². The number of thiocarbonyl (C=S) groups is 1. The number of hydrogen-bond donors (Lipinski definition) is 14. The molecule has 96 heavy (non-hydrogen) atoms. The number of epoxide rings is 1. The average molecular weight is 1630 g/mol. The van der Waals surface area contributed by atoms with E-state index in [1.807, 2.05) is 84.2 Å². The molecular formula is C69H115ClN2Na2O8S14. The summed E-state index contributed by atoms with van der Waals surface area (Å²) in [5.41, 5.74) is 11.9. The van der Waals surface area contributed by atoms with E-state index in [1.54, 1.807) is 79.6 Å². The molecule has 1 aliphatic heterocycles. The Morgan fingerprint density at radius 2 is 0.656 bits per heavy atom. The van der Waals surface area contributed by atoms with Crippen LogP contribution in [0.4, 0.5) is 0 Å².